The van der Waals surface area contributed by atoms with E-state index >= 15 is 0 Å². The van der Waals surface area contributed by atoms with Crippen molar-refractivity contribution in [3.63, 3.8) is 0 Å². The van der Waals surface area contributed by atoms with E-state index in [4.69, 9.17) is 21.1 Å². The second kappa shape index (κ2) is 11.5. The Bertz CT molecular complexity index is 1620. The molecule has 0 radical (unpaired) electrons. The molecule has 41 heavy (non-hydrogen) atoms. The zero-order valence-electron chi connectivity index (χ0n) is 22.1. The number of aliphatic hydroxyl groups excluding tert-OH is 1. The summed E-state index contributed by atoms with van der Waals surface area (Å²) in [6.07, 6.45) is 2.29. The summed E-state index contributed by atoms with van der Waals surface area (Å²) in [5, 5.41) is 20.8. The van der Waals surface area contributed by atoms with Crippen LogP contribution in [0.4, 0.5) is 4.39 Å². The van der Waals surface area contributed by atoms with E-state index in [2.05, 4.69) is 15.3 Å². The Morgan fingerprint density at radius 3 is 2.61 bits per heavy atom. The molecule has 3 heterocycles. The molecule has 1 amide bonds. The van der Waals surface area contributed by atoms with Crippen LogP contribution < -0.4 is 14.8 Å². The second-order valence-corrected chi connectivity index (χ2v) is 10.6. The first kappa shape index (κ1) is 27.2. The lowest BCUT2D eigenvalue weighted by Gasteiger charge is -2.29. The monoisotopic (exact) mass is 578 g/mol. The summed E-state index contributed by atoms with van der Waals surface area (Å²) in [7, 11) is 0. The van der Waals surface area contributed by atoms with E-state index in [9.17, 15) is 19.1 Å². The van der Waals surface area contributed by atoms with Crippen LogP contribution in [0.25, 0.3) is 16.5 Å². The minimum atomic E-state index is -1.30. The van der Waals surface area contributed by atoms with Crippen LogP contribution in [-0.2, 0) is 4.79 Å². The molecule has 0 saturated carbocycles. The van der Waals surface area contributed by atoms with Gasteiger partial charge in [-0.15, -0.1) is 0 Å². The molecule has 1 fully saturated rings. The summed E-state index contributed by atoms with van der Waals surface area (Å²) >= 11 is 6.08. The number of fused-ring (bicyclic) bond motifs is 2. The lowest BCUT2D eigenvalue weighted by molar-refractivity contribution is -0.118. The normalized spacial score (nSPS) is 16.5. The van der Waals surface area contributed by atoms with E-state index in [1.165, 1.54) is 22.9 Å². The van der Waals surface area contributed by atoms with Gasteiger partial charge in [0.25, 0.3) is 11.7 Å². The maximum Gasteiger partial charge on any atom is 0.294 e. The average Bonchev–Trinajstić information content (AvgIpc) is 3.68. The fourth-order valence-corrected chi connectivity index (χ4v) is 5.47. The van der Waals surface area contributed by atoms with Crippen LogP contribution in [0.3, 0.4) is 0 Å². The zero-order chi connectivity index (χ0) is 28.5. The molecule has 0 aliphatic carbocycles. The summed E-state index contributed by atoms with van der Waals surface area (Å²) in [5.74, 6) is -2.24. The number of nitrogens with zero attached hydrogens (tertiary/aromatic N) is 3. The number of benzene rings is 3. The minimum absolute atomic E-state index is 0.00620. The maximum atomic E-state index is 14.7. The topological polar surface area (TPSA) is 106 Å². The van der Waals surface area contributed by atoms with E-state index in [1.807, 2.05) is 30.3 Å². The van der Waals surface area contributed by atoms with Crippen molar-refractivity contribution < 1.29 is 28.6 Å². The Morgan fingerprint density at radius 2 is 1.78 bits per heavy atom. The van der Waals surface area contributed by atoms with Crippen LogP contribution in [0, 0.1) is 5.82 Å². The van der Waals surface area contributed by atoms with Gasteiger partial charge in [-0.3, -0.25) is 9.59 Å². The van der Waals surface area contributed by atoms with Gasteiger partial charge >= 0.3 is 0 Å². The number of carbonyl (C=O) groups is 2. The van der Waals surface area contributed by atoms with Crippen LogP contribution >= 0.6 is 11.6 Å². The van der Waals surface area contributed by atoms with Crippen LogP contribution in [0.15, 0.2) is 60.8 Å². The molecule has 2 unspecified atom stereocenters. The first-order chi connectivity index (χ1) is 19.9. The SMILES string of the molecule is O=C(NC(CN1CCCC1)C(O)c1cc(F)c2c(c1)OCCO2)C(=O)c1ccn(-c2ccc3cc(Cl)ccc3c2)n1. The standard InChI is InChI=1S/C30H28ClFN4O5/c31-21-5-3-19-14-22(6-4-18(19)13-21)36-10-7-24(34-36)28(38)30(39)33-25(17-35-8-1-2-9-35)27(37)20-15-23(32)29-26(16-20)40-11-12-41-29/h3-7,10,13-16,25,27,37H,1-2,8-9,11-12,17H2,(H,33,39). The van der Waals surface area contributed by atoms with E-state index in [0.29, 0.717) is 10.7 Å². The number of amides is 1. The summed E-state index contributed by atoms with van der Waals surface area (Å²) in [4.78, 5) is 28.4. The Balaban J connectivity index is 1.21. The molecular weight excluding hydrogens is 551 g/mol. The number of nitrogens with one attached hydrogen (secondary N) is 1. The van der Waals surface area contributed by atoms with E-state index in [1.54, 1.807) is 12.3 Å². The molecular formula is C30H28ClFN4O5. The van der Waals surface area contributed by atoms with Gasteiger partial charge in [0.2, 0.25) is 0 Å². The summed E-state index contributed by atoms with van der Waals surface area (Å²) in [5.41, 5.74) is 0.881. The zero-order valence-corrected chi connectivity index (χ0v) is 22.8. The molecule has 2 aliphatic rings. The Hall–Kier alpha value is -3.99. The molecule has 2 aliphatic heterocycles. The Kier molecular flexibility index (Phi) is 7.61. The fourth-order valence-electron chi connectivity index (χ4n) is 5.29. The third-order valence-electron chi connectivity index (χ3n) is 7.39. The molecule has 9 nitrogen and oxygen atoms in total. The van der Waals surface area contributed by atoms with Crippen molar-refractivity contribution in [1.29, 1.82) is 0 Å². The third-order valence-corrected chi connectivity index (χ3v) is 7.63. The number of hydrogen-bond acceptors (Lipinski definition) is 7. The highest BCUT2D eigenvalue weighted by Crippen LogP contribution is 2.36. The number of likely N-dealkylation sites (tertiary alicyclic amines) is 1. The van der Waals surface area contributed by atoms with Gasteiger partial charge in [0, 0.05) is 17.8 Å². The van der Waals surface area contributed by atoms with E-state index in [-0.39, 0.29) is 42.5 Å². The van der Waals surface area contributed by atoms with E-state index in [0.717, 1.165) is 36.7 Å². The largest absolute Gasteiger partial charge is 0.486 e. The third kappa shape index (κ3) is 5.76. The summed E-state index contributed by atoms with van der Waals surface area (Å²) in [6.45, 7) is 2.36. The number of Topliss-reactive ketones (excluding diaryl/α,β-unsaturated/α-hetero) is 1. The van der Waals surface area contributed by atoms with Crippen molar-refractivity contribution in [2.75, 3.05) is 32.8 Å². The first-order valence-electron chi connectivity index (χ1n) is 13.5. The molecule has 6 rings (SSSR count). The van der Waals surface area contributed by atoms with Gasteiger partial charge in [0.1, 0.15) is 25.0 Å². The highest BCUT2D eigenvalue weighted by atomic mass is 35.5. The molecule has 1 saturated heterocycles. The highest BCUT2D eigenvalue weighted by Gasteiger charge is 2.31. The number of rotatable bonds is 8. The maximum absolute atomic E-state index is 14.7. The van der Waals surface area contributed by atoms with Crippen molar-refractivity contribution in [3.05, 3.63) is 82.9 Å². The van der Waals surface area contributed by atoms with Gasteiger partial charge in [0.15, 0.2) is 17.3 Å². The molecule has 3 aromatic carbocycles. The lowest BCUT2D eigenvalue weighted by atomic mass is 10.00. The number of aliphatic hydroxyl groups is 1. The highest BCUT2D eigenvalue weighted by molar-refractivity contribution is 6.42. The molecule has 4 aromatic rings. The number of ketones is 1. The van der Waals surface area contributed by atoms with Crippen molar-refractivity contribution in [2.45, 2.75) is 25.0 Å². The molecule has 0 spiro atoms. The van der Waals surface area contributed by atoms with Crippen LogP contribution in [0.1, 0.15) is 35.0 Å². The summed E-state index contributed by atoms with van der Waals surface area (Å²) < 4.78 is 27.1. The van der Waals surface area contributed by atoms with Gasteiger partial charge in [-0.25, -0.2) is 9.07 Å². The number of hydrogen-bond donors (Lipinski definition) is 2. The van der Waals surface area contributed by atoms with Crippen molar-refractivity contribution in [2.24, 2.45) is 0 Å². The fraction of sp³-hybridized carbons (Fsp3) is 0.300. The van der Waals surface area contributed by atoms with Gasteiger partial charge < -0.3 is 24.8 Å². The average molecular weight is 579 g/mol. The molecule has 11 heteroatoms. The first-order valence-corrected chi connectivity index (χ1v) is 13.8. The lowest BCUT2D eigenvalue weighted by Crippen LogP contribution is -2.48. The quantitative estimate of drug-likeness (QED) is 0.240. The van der Waals surface area contributed by atoms with Gasteiger partial charge in [-0.05, 0) is 84.7 Å². The molecule has 0 bridgehead atoms. The molecule has 2 atom stereocenters. The van der Waals surface area contributed by atoms with Crippen LogP contribution in [0.2, 0.25) is 5.02 Å². The predicted molar refractivity (Wildman–Crippen MR) is 150 cm³/mol. The van der Waals surface area contributed by atoms with Crippen LogP contribution in [0.5, 0.6) is 11.5 Å². The predicted octanol–water partition coefficient (Wildman–Crippen LogP) is 4.09. The molecule has 2 N–H and O–H groups in total. The molecule has 212 valence electrons. The number of aromatic nitrogens is 2. The van der Waals surface area contributed by atoms with E-state index < -0.39 is 29.7 Å². The van der Waals surface area contributed by atoms with Gasteiger partial charge in [-0.2, -0.15) is 5.10 Å². The molecule has 1 aromatic heterocycles. The number of halogens is 2. The second-order valence-electron chi connectivity index (χ2n) is 10.2. The Morgan fingerprint density at radius 1 is 1.02 bits per heavy atom. The summed E-state index contributed by atoms with van der Waals surface area (Å²) in [6, 6.07) is 14.4. The van der Waals surface area contributed by atoms with Crippen LogP contribution in [-0.4, -0.2) is 70.4 Å². The van der Waals surface area contributed by atoms with Gasteiger partial charge in [0.05, 0.1) is 11.7 Å². The minimum Gasteiger partial charge on any atom is -0.486 e. The van der Waals surface area contributed by atoms with Gasteiger partial charge in [-0.1, -0.05) is 23.7 Å². The Labute approximate surface area is 240 Å². The number of carbonyl (C=O) groups excluding carboxylic acids is 2. The van der Waals surface area contributed by atoms with Crippen molar-refractivity contribution in [1.82, 2.24) is 20.0 Å². The number of ether oxygens (including phenoxy) is 2. The van der Waals surface area contributed by atoms with Crippen molar-refractivity contribution >= 4 is 34.1 Å². The van der Waals surface area contributed by atoms with Crippen molar-refractivity contribution in [3.8, 4) is 17.2 Å². The smallest absolute Gasteiger partial charge is 0.294 e.